The van der Waals surface area contributed by atoms with Gasteiger partial charge in [0.15, 0.2) is 0 Å². The summed E-state index contributed by atoms with van der Waals surface area (Å²) in [4.78, 5) is 11.9. The van der Waals surface area contributed by atoms with Crippen molar-refractivity contribution in [3.8, 4) is 5.75 Å². The molecule has 0 radical (unpaired) electrons. The van der Waals surface area contributed by atoms with Gasteiger partial charge in [-0.15, -0.1) is 0 Å². The van der Waals surface area contributed by atoms with Gasteiger partial charge in [-0.25, -0.2) is 0 Å². The first-order chi connectivity index (χ1) is 13.3. The van der Waals surface area contributed by atoms with Gasteiger partial charge in [0.05, 0.1) is 30.0 Å². The number of nitrogens with zero attached hydrogens (tertiary/aromatic N) is 2. The Morgan fingerprint density at radius 3 is 2.64 bits per heavy atom. The highest BCUT2D eigenvalue weighted by atomic mass is 32.2. The second-order valence-electron chi connectivity index (χ2n) is 7.40. The lowest BCUT2D eigenvalue weighted by Crippen LogP contribution is -2.21. The van der Waals surface area contributed by atoms with E-state index in [-0.39, 0.29) is 5.60 Å². The molecule has 158 valence electrons. The molecule has 1 saturated heterocycles. The molecule has 1 aromatic rings. The number of fused-ring (bicyclic) bond motifs is 1. The van der Waals surface area contributed by atoms with Crippen LogP contribution >= 0.6 is 12.1 Å². The molecule has 1 aromatic carbocycles. The Balaban J connectivity index is 0.000000372. The van der Waals surface area contributed by atoms with Crippen LogP contribution in [0.2, 0.25) is 0 Å². The molecule has 28 heavy (non-hydrogen) atoms. The van der Waals surface area contributed by atoms with E-state index in [9.17, 15) is 4.79 Å². The van der Waals surface area contributed by atoms with Crippen LogP contribution in [-0.2, 0) is 9.53 Å². The van der Waals surface area contributed by atoms with Crippen molar-refractivity contribution in [1.29, 1.82) is 0 Å². The van der Waals surface area contributed by atoms with Crippen molar-refractivity contribution in [3.63, 3.8) is 0 Å². The highest BCUT2D eigenvalue weighted by Gasteiger charge is 2.22. The van der Waals surface area contributed by atoms with Gasteiger partial charge in [0.1, 0.15) is 17.2 Å². The molecular weight excluding hydrogens is 378 g/mol. The summed E-state index contributed by atoms with van der Waals surface area (Å²) in [5.41, 5.74) is 12.0. The van der Waals surface area contributed by atoms with E-state index in [0.717, 1.165) is 36.7 Å². The average molecular weight is 412 g/mol. The normalized spacial score (nSPS) is 18.2. The number of likely N-dealkylation sites (tertiary alicyclic amines) is 1. The smallest absolute Gasteiger partial charge is 0.293 e. The number of rotatable bonds is 4. The summed E-state index contributed by atoms with van der Waals surface area (Å²) in [5.74, 6) is 1.95. The summed E-state index contributed by atoms with van der Waals surface area (Å²) in [6, 6.07) is 5.92. The van der Waals surface area contributed by atoms with Crippen LogP contribution in [0.15, 0.2) is 22.6 Å². The molecule has 2 aliphatic rings. The molecule has 1 unspecified atom stereocenters. The fourth-order valence-electron chi connectivity index (χ4n) is 2.68. The molecule has 5 N–H and O–H groups in total. The van der Waals surface area contributed by atoms with Gasteiger partial charge in [-0.2, -0.15) is 4.40 Å². The molecule has 0 spiro atoms. The van der Waals surface area contributed by atoms with E-state index < -0.39 is 0 Å². The summed E-state index contributed by atoms with van der Waals surface area (Å²) in [6.45, 7) is 8.92. The Kier molecular flexibility index (Phi) is 10.1. The number of anilines is 1. The first-order valence-corrected chi connectivity index (χ1v) is 9.97. The zero-order valence-corrected chi connectivity index (χ0v) is 18.2. The number of carbonyl (C=O) groups is 1. The van der Waals surface area contributed by atoms with Gasteiger partial charge >= 0.3 is 0 Å². The predicted molar refractivity (Wildman–Crippen MR) is 116 cm³/mol. The molecule has 2 heterocycles. The summed E-state index contributed by atoms with van der Waals surface area (Å²) in [5, 5.41) is 0. The third-order valence-electron chi connectivity index (χ3n) is 3.95. The van der Waals surface area contributed by atoms with Crippen LogP contribution in [0.25, 0.3) is 0 Å². The van der Waals surface area contributed by atoms with Crippen molar-refractivity contribution in [2.45, 2.75) is 32.8 Å². The molecule has 9 heteroatoms. The summed E-state index contributed by atoms with van der Waals surface area (Å²) >= 11 is 1.25. The lowest BCUT2D eigenvalue weighted by atomic mass is 10.1. The standard InChI is InChI=1S/C13H18N4OS.C5H10O2.CH5N/c1-17-6-5-9(7-17)8-18-11-4-2-3-10-12(11)13(14)16-19-15-10;1-5(2,3)7-4-6;1-2/h2-4,9,15H,5-8H2,1H3,(H2,14,16);4H,1-3H3;2H2,1H3. The highest BCUT2D eigenvalue weighted by molar-refractivity contribution is 7.99. The minimum Gasteiger partial charge on any atom is -0.492 e. The Labute approximate surface area is 172 Å². The maximum Gasteiger partial charge on any atom is 0.293 e. The SMILES string of the molecule is CC(C)(C)OC=O.CN.CN1CCC(COc2cccc3c2C(N)=NSN3)C1. The predicted octanol–water partition coefficient (Wildman–Crippen LogP) is 2.24. The number of amidine groups is 1. The van der Waals surface area contributed by atoms with E-state index in [4.69, 9.17) is 10.5 Å². The highest BCUT2D eigenvalue weighted by Crippen LogP contribution is 2.32. The Morgan fingerprint density at radius 2 is 2.11 bits per heavy atom. The second kappa shape index (κ2) is 11.8. The number of ether oxygens (including phenoxy) is 2. The van der Waals surface area contributed by atoms with Crippen LogP contribution in [0.4, 0.5) is 5.69 Å². The number of hydrogen-bond acceptors (Lipinski definition) is 9. The number of nitrogens with one attached hydrogen (secondary N) is 1. The molecule has 0 amide bonds. The van der Waals surface area contributed by atoms with Crippen LogP contribution in [0, 0.1) is 5.92 Å². The molecule has 1 fully saturated rings. The third kappa shape index (κ3) is 7.95. The lowest BCUT2D eigenvalue weighted by molar-refractivity contribution is -0.138. The van der Waals surface area contributed by atoms with E-state index >= 15 is 0 Å². The number of benzene rings is 1. The van der Waals surface area contributed by atoms with E-state index in [1.54, 1.807) is 0 Å². The summed E-state index contributed by atoms with van der Waals surface area (Å²) < 4.78 is 17.8. The van der Waals surface area contributed by atoms with E-state index in [2.05, 4.69) is 31.5 Å². The number of carbonyl (C=O) groups excluding carboxylic acids is 1. The van der Waals surface area contributed by atoms with Crippen LogP contribution in [0.5, 0.6) is 5.75 Å². The molecule has 2 aliphatic heterocycles. The van der Waals surface area contributed by atoms with Crippen LogP contribution in [0.3, 0.4) is 0 Å². The molecule has 0 bridgehead atoms. The van der Waals surface area contributed by atoms with Crippen molar-refractivity contribution in [2.24, 2.45) is 21.8 Å². The lowest BCUT2D eigenvalue weighted by Gasteiger charge is -2.19. The van der Waals surface area contributed by atoms with Gasteiger partial charge in [0, 0.05) is 12.5 Å². The maximum atomic E-state index is 9.60. The fourth-order valence-corrected chi connectivity index (χ4v) is 3.19. The molecule has 0 aromatic heterocycles. The van der Waals surface area contributed by atoms with E-state index in [1.807, 2.05) is 39.0 Å². The third-order valence-corrected chi connectivity index (χ3v) is 4.55. The van der Waals surface area contributed by atoms with Crippen LogP contribution in [-0.4, -0.2) is 56.6 Å². The van der Waals surface area contributed by atoms with Gasteiger partial charge in [0.25, 0.3) is 6.47 Å². The zero-order valence-electron chi connectivity index (χ0n) is 17.4. The van der Waals surface area contributed by atoms with Crippen molar-refractivity contribution >= 4 is 30.1 Å². The van der Waals surface area contributed by atoms with Crippen LogP contribution in [0.1, 0.15) is 32.8 Å². The molecule has 0 aliphatic carbocycles. The minimum atomic E-state index is -0.318. The van der Waals surface area contributed by atoms with Crippen molar-refractivity contribution < 1.29 is 14.3 Å². The van der Waals surface area contributed by atoms with E-state index in [1.165, 1.54) is 25.6 Å². The summed E-state index contributed by atoms with van der Waals surface area (Å²) in [7, 11) is 3.65. The Bertz CT molecular complexity index is 649. The van der Waals surface area contributed by atoms with Crippen molar-refractivity contribution in [2.75, 3.05) is 38.5 Å². The fraction of sp³-hybridized carbons (Fsp3) is 0.579. The maximum absolute atomic E-state index is 9.60. The van der Waals surface area contributed by atoms with Gasteiger partial charge in [0.2, 0.25) is 0 Å². The topological polar surface area (TPSA) is 115 Å². The van der Waals surface area contributed by atoms with Gasteiger partial charge in [-0.3, -0.25) is 4.79 Å². The van der Waals surface area contributed by atoms with Gasteiger partial charge in [-0.1, -0.05) is 6.07 Å². The molecule has 3 rings (SSSR count). The van der Waals surface area contributed by atoms with Crippen molar-refractivity contribution in [3.05, 3.63) is 23.8 Å². The van der Waals surface area contributed by atoms with E-state index in [0.29, 0.717) is 18.2 Å². The quantitative estimate of drug-likeness (QED) is 0.510. The number of hydrogen-bond donors (Lipinski definition) is 3. The van der Waals surface area contributed by atoms with Crippen molar-refractivity contribution in [1.82, 2.24) is 4.90 Å². The average Bonchev–Trinajstić information content (AvgIpc) is 3.07. The molecular formula is C19H33N5O3S. The Hall–Kier alpha value is -1.97. The van der Waals surface area contributed by atoms with Gasteiger partial charge < -0.3 is 30.6 Å². The van der Waals surface area contributed by atoms with Gasteiger partial charge in [-0.05, 0) is 60.0 Å². The summed E-state index contributed by atoms with van der Waals surface area (Å²) in [6.07, 6.45) is 1.20. The van der Waals surface area contributed by atoms with Crippen LogP contribution < -0.4 is 20.9 Å². The molecule has 1 atom stereocenters. The zero-order chi connectivity index (χ0) is 21.2. The molecule has 8 nitrogen and oxygen atoms in total. The largest absolute Gasteiger partial charge is 0.492 e. The minimum absolute atomic E-state index is 0.318. The Morgan fingerprint density at radius 1 is 1.39 bits per heavy atom. The first kappa shape index (κ1) is 24.1. The molecule has 0 saturated carbocycles. The number of nitrogens with two attached hydrogens (primary N) is 2. The second-order valence-corrected chi connectivity index (χ2v) is 7.97. The monoisotopic (exact) mass is 411 g/mol. The first-order valence-electron chi connectivity index (χ1n) is 9.19.